The van der Waals surface area contributed by atoms with Gasteiger partial charge >= 0.3 is 5.97 Å². The molecule has 11 heteroatoms. The van der Waals surface area contributed by atoms with E-state index in [1.54, 1.807) is 36.4 Å². The summed E-state index contributed by atoms with van der Waals surface area (Å²) in [4.78, 5) is 28.9. The molecule has 41 heavy (non-hydrogen) atoms. The molecule has 1 aliphatic rings. The Bertz CT molecular complexity index is 1680. The Balaban J connectivity index is 1.13. The first-order valence-electron chi connectivity index (χ1n) is 13.3. The number of fused-ring (bicyclic) bond motifs is 1. The van der Waals surface area contributed by atoms with Crippen molar-refractivity contribution >= 4 is 34.4 Å². The molecule has 2 N–H and O–H groups in total. The van der Waals surface area contributed by atoms with E-state index >= 15 is 0 Å². The van der Waals surface area contributed by atoms with Gasteiger partial charge in [-0.3, -0.25) is 4.90 Å². The van der Waals surface area contributed by atoms with Crippen LogP contribution >= 0.6 is 11.6 Å². The van der Waals surface area contributed by atoms with Gasteiger partial charge in [0.2, 0.25) is 5.88 Å². The van der Waals surface area contributed by atoms with Crippen molar-refractivity contribution in [3.05, 3.63) is 106 Å². The lowest BCUT2D eigenvalue weighted by Crippen LogP contribution is -2.46. The van der Waals surface area contributed by atoms with E-state index in [1.807, 2.05) is 30.5 Å². The summed E-state index contributed by atoms with van der Waals surface area (Å²) >= 11 is 5.84. The van der Waals surface area contributed by atoms with E-state index in [0.717, 1.165) is 54.5 Å². The number of ether oxygens (including phenoxy) is 1. The summed E-state index contributed by atoms with van der Waals surface area (Å²) in [5.74, 6) is 0.747. The summed E-state index contributed by atoms with van der Waals surface area (Å²) in [7, 11) is 0. The smallest absolute Gasteiger partial charge is 0.335 e. The second kappa shape index (κ2) is 11.6. The predicted molar refractivity (Wildman–Crippen MR) is 154 cm³/mol. The number of pyridine rings is 1. The number of aromatic amines is 1. The Morgan fingerprint density at radius 1 is 1.00 bits per heavy atom. The van der Waals surface area contributed by atoms with Gasteiger partial charge in [-0.2, -0.15) is 4.98 Å². The summed E-state index contributed by atoms with van der Waals surface area (Å²) in [6.45, 7) is 4.40. The molecule has 1 aliphatic heterocycles. The fourth-order valence-electron chi connectivity index (χ4n) is 5.02. The fraction of sp³-hybridized carbons (Fsp3) is 0.233. The van der Waals surface area contributed by atoms with E-state index in [2.05, 4.69) is 24.3 Å². The van der Waals surface area contributed by atoms with E-state index in [9.17, 15) is 14.3 Å². The first kappa shape index (κ1) is 26.8. The molecule has 0 bridgehead atoms. The number of hydrogen-bond acceptors (Lipinski definition) is 6. The average Bonchev–Trinajstić information content (AvgIpc) is 3.61. The number of H-pyrrole nitrogens is 1. The van der Waals surface area contributed by atoms with Crippen molar-refractivity contribution in [2.24, 2.45) is 0 Å². The highest BCUT2D eigenvalue weighted by Crippen LogP contribution is 2.23. The average molecular weight is 575 g/mol. The summed E-state index contributed by atoms with van der Waals surface area (Å²) < 4.78 is 22.0. The number of aromatic carboxylic acids is 1. The molecule has 0 saturated carbocycles. The predicted octanol–water partition coefficient (Wildman–Crippen LogP) is 5.20. The number of hydrogen-bond donors (Lipinski definition) is 2. The number of anilines is 1. The fourth-order valence-corrected chi connectivity index (χ4v) is 5.18. The molecule has 9 nitrogen and oxygen atoms in total. The van der Waals surface area contributed by atoms with E-state index in [0.29, 0.717) is 29.6 Å². The quantitative estimate of drug-likeness (QED) is 0.250. The number of aromatic nitrogens is 4. The molecule has 1 saturated heterocycles. The molecule has 210 valence electrons. The zero-order valence-corrected chi connectivity index (χ0v) is 22.9. The monoisotopic (exact) mass is 574 g/mol. The Kier molecular flexibility index (Phi) is 7.58. The Morgan fingerprint density at radius 3 is 2.61 bits per heavy atom. The molecule has 0 aliphatic carbocycles. The van der Waals surface area contributed by atoms with E-state index < -0.39 is 11.8 Å². The van der Waals surface area contributed by atoms with Crippen LogP contribution in [-0.2, 0) is 19.7 Å². The van der Waals surface area contributed by atoms with Crippen LogP contribution in [0.3, 0.4) is 0 Å². The Hall–Kier alpha value is -4.41. The summed E-state index contributed by atoms with van der Waals surface area (Å²) in [5, 5.41) is 9.86. The largest absolute Gasteiger partial charge is 0.478 e. The van der Waals surface area contributed by atoms with Crippen molar-refractivity contribution in [1.82, 2.24) is 24.4 Å². The highest BCUT2D eigenvalue weighted by atomic mass is 35.5. The molecule has 0 spiro atoms. The lowest BCUT2D eigenvalue weighted by molar-refractivity contribution is 0.0697. The number of carboxylic acid groups (broad SMARTS) is 1. The number of piperazine rings is 1. The van der Waals surface area contributed by atoms with E-state index in [1.165, 1.54) is 6.07 Å². The van der Waals surface area contributed by atoms with Crippen molar-refractivity contribution in [2.45, 2.75) is 19.7 Å². The summed E-state index contributed by atoms with van der Waals surface area (Å²) in [5.41, 5.74) is 3.24. The molecule has 1 fully saturated rings. The third-order valence-corrected chi connectivity index (χ3v) is 7.46. The van der Waals surface area contributed by atoms with E-state index in [4.69, 9.17) is 21.3 Å². The van der Waals surface area contributed by atoms with Crippen LogP contribution in [0, 0.1) is 5.82 Å². The number of benzene rings is 2. The van der Waals surface area contributed by atoms with Crippen LogP contribution in [0.25, 0.3) is 11.0 Å². The number of rotatable bonds is 9. The third-order valence-electron chi connectivity index (χ3n) is 7.23. The second-order valence-corrected chi connectivity index (χ2v) is 10.4. The number of nitrogens with zero attached hydrogens (tertiary/aromatic N) is 5. The van der Waals surface area contributed by atoms with Crippen LogP contribution in [-0.4, -0.2) is 61.7 Å². The molecule has 0 unspecified atom stereocenters. The minimum Gasteiger partial charge on any atom is -0.478 e. The lowest BCUT2D eigenvalue weighted by atomic mass is 10.2. The number of nitrogens with one attached hydrogen (secondary N) is 1. The molecular formula is C30H28ClFN6O3. The SMILES string of the molecule is O=C(O)c1ccc2nc(CN3CCN(c4cccc(OCc5ccc(Cl)cc5F)n4)CC3)n(Cc3ccc[nH]3)c2c1. The van der Waals surface area contributed by atoms with Gasteiger partial charge in [-0.1, -0.05) is 23.7 Å². The maximum absolute atomic E-state index is 14.1. The van der Waals surface area contributed by atoms with Gasteiger partial charge in [0.05, 0.1) is 29.7 Å². The molecule has 4 heterocycles. The van der Waals surface area contributed by atoms with Crippen LogP contribution in [0.15, 0.2) is 72.9 Å². The standard InChI is InChI=1S/C30H28ClFN6O3/c31-22-8-6-21(24(32)16-22)19-41-29-5-1-4-27(35-29)37-13-11-36(12-14-37)18-28-34-25-9-7-20(30(39)40)15-26(25)38(28)17-23-3-2-10-33-23/h1-10,15-16,33H,11-14,17-19H2,(H,39,40). The molecule has 3 aromatic heterocycles. The van der Waals surface area contributed by atoms with Crippen molar-refractivity contribution < 1.29 is 19.0 Å². The molecule has 0 atom stereocenters. The van der Waals surface area contributed by atoms with Crippen LogP contribution < -0.4 is 9.64 Å². The molecule has 2 aromatic carbocycles. The van der Waals surface area contributed by atoms with Gasteiger partial charge in [-0.05, 0) is 48.5 Å². The minimum atomic E-state index is -0.961. The minimum absolute atomic E-state index is 0.0602. The van der Waals surface area contributed by atoms with Crippen LogP contribution in [0.5, 0.6) is 5.88 Å². The van der Waals surface area contributed by atoms with Crippen LogP contribution in [0.2, 0.25) is 5.02 Å². The van der Waals surface area contributed by atoms with Crippen molar-refractivity contribution in [3.63, 3.8) is 0 Å². The first-order chi connectivity index (χ1) is 19.9. The maximum atomic E-state index is 14.1. The Labute approximate surface area is 240 Å². The topological polar surface area (TPSA) is 99.5 Å². The highest BCUT2D eigenvalue weighted by Gasteiger charge is 2.22. The van der Waals surface area contributed by atoms with Gasteiger partial charge in [-0.25, -0.2) is 14.2 Å². The molecular weight excluding hydrogens is 547 g/mol. The van der Waals surface area contributed by atoms with Gasteiger partial charge in [0.15, 0.2) is 0 Å². The van der Waals surface area contributed by atoms with Crippen molar-refractivity contribution in [3.8, 4) is 5.88 Å². The lowest BCUT2D eigenvalue weighted by Gasteiger charge is -2.35. The first-order valence-corrected chi connectivity index (χ1v) is 13.7. The second-order valence-electron chi connectivity index (χ2n) is 9.94. The van der Waals surface area contributed by atoms with Crippen molar-refractivity contribution in [2.75, 3.05) is 31.1 Å². The summed E-state index contributed by atoms with van der Waals surface area (Å²) in [6, 6.07) is 19.1. The zero-order valence-electron chi connectivity index (χ0n) is 22.1. The zero-order chi connectivity index (χ0) is 28.3. The number of halogens is 2. The van der Waals surface area contributed by atoms with E-state index in [-0.39, 0.29) is 12.2 Å². The molecule has 5 aromatic rings. The van der Waals surface area contributed by atoms with Crippen LogP contribution in [0.4, 0.5) is 10.2 Å². The summed E-state index contributed by atoms with van der Waals surface area (Å²) in [6.07, 6.45) is 1.88. The normalized spacial score (nSPS) is 14.0. The van der Waals surface area contributed by atoms with Gasteiger partial charge in [-0.15, -0.1) is 0 Å². The van der Waals surface area contributed by atoms with Gasteiger partial charge < -0.3 is 24.3 Å². The Morgan fingerprint density at radius 2 is 1.85 bits per heavy atom. The highest BCUT2D eigenvalue weighted by molar-refractivity contribution is 6.30. The number of imidazole rings is 1. The number of carboxylic acids is 1. The van der Waals surface area contributed by atoms with Crippen LogP contribution in [0.1, 0.15) is 27.4 Å². The van der Waals surface area contributed by atoms with Crippen molar-refractivity contribution in [1.29, 1.82) is 0 Å². The van der Waals surface area contributed by atoms with Gasteiger partial charge in [0, 0.05) is 54.7 Å². The van der Waals surface area contributed by atoms with Gasteiger partial charge in [0.1, 0.15) is 24.1 Å². The third kappa shape index (κ3) is 6.03. The van der Waals surface area contributed by atoms with Gasteiger partial charge in [0.25, 0.3) is 0 Å². The molecule has 6 rings (SSSR count). The number of carbonyl (C=O) groups is 1. The maximum Gasteiger partial charge on any atom is 0.335 e. The molecule has 0 amide bonds. The molecule has 0 radical (unpaired) electrons.